The molecule has 1 saturated heterocycles. The number of anilines is 3. The van der Waals surface area contributed by atoms with Crippen LogP contribution in [0.15, 0.2) is 48.5 Å². The number of carbonyl (C=O) groups excluding carboxylic acids is 1. The number of carbonyl (C=O) groups is 1. The first-order chi connectivity index (χ1) is 12.9. The molecule has 0 bridgehead atoms. The monoisotopic (exact) mass is 377 g/mol. The second-order valence-electron chi connectivity index (χ2n) is 6.54. The fourth-order valence-corrected chi connectivity index (χ4v) is 3.08. The summed E-state index contributed by atoms with van der Waals surface area (Å²) in [4.78, 5) is 14.3. The molecule has 2 aromatic carbocycles. The lowest BCUT2D eigenvalue weighted by Crippen LogP contribution is -2.18. The summed E-state index contributed by atoms with van der Waals surface area (Å²) in [6.45, 7) is 2.57. The Labute approximate surface area is 156 Å². The zero-order valence-electron chi connectivity index (χ0n) is 14.9. The molecule has 0 atom stereocenters. The Morgan fingerprint density at radius 1 is 1.00 bits per heavy atom. The Kier molecular flexibility index (Phi) is 5.88. The zero-order valence-corrected chi connectivity index (χ0v) is 14.9. The molecule has 1 heterocycles. The summed E-state index contributed by atoms with van der Waals surface area (Å²) in [7, 11) is 0. The van der Waals surface area contributed by atoms with Gasteiger partial charge in [0.25, 0.3) is 0 Å². The molecule has 144 valence electrons. The summed E-state index contributed by atoms with van der Waals surface area (Å²) >= 11 is 0. The molecule has 1 aliphatic heterocycles. The van der Waals surface area contributed by atoms with E-state index < -0.39 is 11.7 Å². The van der Waals surface area contributed by atoms with Crippen LogP contribution in [-0.2, 0) is 11.0 Å². The van der Waals surface area contributed by atoms with Gasteiger partial charge in [0.05, 0.1) is 5.56 Å². The molecule has 27 heavy (non-hydrogen) atoms. The van der Waals surface area contributed by atoms with Gasteiger partial charge in [0, 0.05) is 43.1 Å². The third-order valence-electron chi connectivity index (χ3n) is 4.49. The quantitative estimate of drug-likeness (QED) is 0.764. The number of rotatable bonds is 6. The van der Waals surface area contributed by atoms with E-state index in [4.69, 9.17) is 0 Å². The minimum atomic E-state index is -4.43. The van der Waals surface area contributed by atoms with Crippen molar-refractivity contribution in [2.24, 2.45) is 0 Å². The molecule has 7 heteroatoms. The predicted molar refractivity (Wildman–Crippen MR) is 101 cm³/mol. The van der Waals surface area contributed by atoms with Gasteiger partial charge in [0.15, 0.2) is 0 Å². The fourth-order valence-electron chi connectivity index (χ4n) is 3.08. The molecular formula is C20H22F3N3O. The van der Waals surface area contributed by atoms with Crippen molar-refractivity contribution in [3.8, 4) is 0 Å². The maximum Gasteiger partial charge on any atom is 0.416 e. The molecule has 3 rings (SSSR count). The van der Waals surface area contributed by atoms with Crippen molar-refractivity contribution < 1.29 is 18.0 Å². The van der Waals surface area contributed by atoms with Crippen molar-refractivity contribution in [2.45, 2.75) is 25.4 Å². The minimum Gasteiger partial charge on any atom is -0.385 e. The van der Waals surface area contributed by atoms with E-state index in [2.05, 4.69) is 27.7 Å². The zero-order chi connectivity index (χ0) is 19.3. The Morgan fingerprint density at radius 3 is 2.37 bits per heavy atom. The Morgan fingerprint density at radius 2 is 1.70 bits per heavy atom. The maximum absolute atomic E-state index is 12.7. The lowest BCUT2D eigenvalue weighted by atomic mass is 10.2. The van der Waals surface area contributed by atoms with Crippen molar-refractivity contribution in [1.29, 1.82) is 0 Å². The average Bonchev–Trinajstić information content (AvgIpc) is 3.16. The molecule has 4 nitrogen and oxygen atoms in total. The number of nitrogens with zero attached hydrogens (tertiary/aromatic N) is 1. The van der Waals surface area contributed by atoms with Gasteiger partial charge >= 0.3 is 6.18 Å². The molecule has 0 aromatic heterocycles. The lowest BCUT2D eigenvalue weighted by molar-refractivity contribution is -0.137. The van der Waals surface area contributed by atoms with Gasteiger partial charge in [-0.1, -0.05) is 6.07 Å². The van der Waals surface area contributed by atoms with Crippen LogP contribution in [0.2, 0.25) is 0 Å². The topological polar surface area (TPSA) is 44.4 Å². The van der Waals surface area contributed by atoms with E-state index in [0.29, 0.717) is 6.54 Å². The van der Waals surface area contributed by atoms with Crippen LogP contribution in [0.4, 0.5) is 30.2 Å². The molecule has 1 fully saturated rings. The van der Waals surface area contributed by atoms with Gasteiger partial charge in [0.2, 0.25) is 5.91 Å². The van der Waals surface area contributed by atoms with E-state index in [1.807, 2.05) is 12.1 Å². The highest BCUT2D eigenvalue weighted by Crippen LogP contribution is 2.30. The van der Waals surface area contributed by atoms with Crippen LogP contribution in [0.5, 0.6) is 0 Å². The number of benzene rings is 2. The normalized spacial score (nSPS) is 14.3. The molecule has 1 amide bonds. The fraction of sp³-hybridized carbons (Fsp3) is 0.350. The molecule has 0 spiro atoms. The maximum atomic E-state index is 12.7. The Hall–Kier alpha value is -2.70. The van der Waals surface area contributed by atoms with Crippen LogP contribution >= 0.6 is 0 Å². The molecule has 0 saturated carbocycles. The summed E-state index contributed by atoms with van der Waals surface area (Å²) in [5.74, 6) is -0.337. The molecule has 0 radical (unpaired) electrons. The van der Waals surface area contributed by atoms with Gasteiger partial charge < -0.3 is 15.5 Å². The van der Waals surface area contributed by atoms with Gasteiger partial charge in [-0.05, 0) is 55.3 Å². The van der Waals surface area contributed by atoms with Crippen LogP contribution in [0.25, 0.3) is 0 Å². The third-order valence-corrected chi connectivity index (χ3v) is 4.49. The predicted octanol–water partition coefficient (Wildman–Crippen LogP) is 4.75. The number of halogens is 3. The molecule has 0 unspecified atom stereocenters. The van der Waals surface area contributed by atoms with E-state index in [9.17, 15) is 18.0 Å². The molecule has 2 N–H and O–H groups in total. The van der Waals surface area contributed by atoms with Crippen molar-refractivity contribution >= 4 is 23.0 Å². The second-order valence-corrected chi connectivity index (χ2v) is 6.54. The van der Waals surface area contributed by atoms with E-state index in [-0.39, 0.29) is 18.0 Å². The smallest absolute Gasteiger partial charge is 0.385 e. The van der Waals surface area contributed by atoms with Crippen LogP contribution in [0.1, 0.15) is 24.8 Å². The highest BCUT2D eigenvalue weighted by atomic mass is 19.4. The number of hydrogen-bond acceptors (Lipinski definition) is 3. The van der Waals surface area contributed by atoms with Gasteiger partial charge in [-0.3, -0.25) is 4.79 Å². The number of amides is 1. The Bertz CT molecular complexity index is 769. The van der Waals surface area contributed by atoms with E-state index in [1.54, 1.807) is 0 Å². The standard InChI is InChI=1S/C20H22F3N3O/c21-20(22,23)15-4-3-5-17(14-15)25-19(27)10-11-24-16-6-8-18(9-7-16)26-12-1-2-13-26/h3-9,14,24H,1-2,10-13H2,(H,25,27). The summed E-state index contributed by atoms with van der Waals surface area (Å²) in [5.41, 5.74) is 1.46. The van der Waals surface area contributed by atoms with Crippen LogP contribution < -0.4 is 15.5 Å². The van der Waals surface area contributed by atoms with Gasteiger partial charge in [-0.15, -0.1) is 0 Å². The first kappa shape index (κ1) is 19.1. The first-order valence-electron chi connectivity index (χ1n) is 8.98. The molecular weight excluding hydrogens is 355 g/mol. The van der Waals surface area contributed by atoms with Crippen molar-refractivity contribution in [3.05, 3.63) is 54.1 Å². The van der Waals surface area contributed by atoms with Crippen molar-refractivity contribution in [1.82, 2.24) is 0 Å². The van der Waals surface area contributed by atoms with Crippen LogP contribution in [0.3, 0.4) is 0 Å². The number of alkyl halides is 3. The molecule has 2 aromatic rings. The Balaban J connectivity index is 1.45. The lowest BCUT2D eigenvalue weighted by Gasteiger charge is -2.18. The van der Waals surface area contributed by atoms with E-state index in [0.717, 1.165) is 30.9 Å². The summed E-state index contributed by atoms with van der Waals surface area (Å²) in [6, 6.07) is 12.7. The largest absolute Gasteiger partial charge is 0.416 e. The molecule has 1 aliphatic rings. The summed E-state index contributed by atoms with van der Waals surface area (Å²) in [6.07, 6.45) is -1.82. The number of nitrogens with one attached hydrogen (secondary N) is 2. The van der Waals surface area contributed by atoms with Gasteiger partial charge in [-0.2, -0.15) is 13.2 Å². The van der Waals surface area contributed by atoms with Gasteiger partial charge in [-0.25, -0.2) is 0 Å². The highest BCUT2D eigenvalue weighted by Gasteiger charge is 2.30. The molecule has 0 aliphatic carbocycles. The van der Waals surface area contributed by atoms with Crippen molar-refractivity contribution in [3.63, 3.8) is 0 Å². The highest BCUT2D eigenvalue weighted by molar-refractivity contribution is 5.91. The summed E-state index contributed by atoms with van der Waals surface area (Å²) in [5, 5.41) is 5.66. The number of hydrogen-bond donors (Lipinski definition) is 2. The second kappa shape index (κ2) is 8.33. The van der Waals surface area contributed by atoms with Crippen molar-refractivity contribution in [2.75, 3.05) is 35.2 Å². The summed E-state index contributed by atoms with van der Waals surface area (Å²) < 4.78 is 38.1. The first-order valence-corrected chi connectivity index (χ1v) is 8.98. The van der Waals surface area contributed by atoms with Crippen LogP contribution in [0, 0.1) is 0 Å². The third kappa shape index (κ3) is 5.39. The average molecular weight is 377 g/mol. The minimum absolute atomic E-state index is 0.143. The van der Waals surface area contributed by atoms with E-state index in [1.165, 1.54) is 30.7 Å². The van der Waals surface area contributed by atoms with Gasteiger partial charge in [0.1, 0.15) is 0 Å². The SMILES string of the molecule is O=C(CCNc1ccc(N2CCCC2)cc1)Nc1cccc(C(F)(F)F)c1. The van der Waals surface area contributed by atoms with E-state index >= 15 is 0 Å². The van der Waals surface area contributed by atoms with Crippen LogP contribution in [-0.4, -0.2) is 25.5 Å².